The molecule has 2 saturated heterocycles. The van der Waals surface area contributed by atoms with Gasteiger partial charge in [0.2, 0.25) is 5.91 Å². The summed E-state index contributed by atoms with van der Waals surface area (Å²) in [6, 6.07) is 12.1. The van der Waals surface area contributed by atoms with E-state index in [1.807, 2.05) is 18.2 Å². The van der Waals surface area contributed by atoms with Gasteiger partial charge in [-0.3, -0.25) is 9.69 Å². The van der Waals surface area contributed by atoms with Gasteiger partial charge in [-0.15, -0.1) is 0 Å². The summed E-state index contributed by atoms with van der Waals surface area (Å²) in [7, 11) is 1.77. The van der Waals surface area contributed by atoms with E-state index in [9.17, 15) is 4.79 Å². The summed E-state index contributed by atoms with van der Waals surface area (Å²) in [4.78, 5) is 16.9. The molecule has 2 N–H and O–H groups in total. The minimum absolute atomic E-state index is 0.150. The van der Waals surface area contributed by atoms with E-state index in [-0.39, 0.29) is 12.2 Å². The molecule has 1 amide bonds. The molecule has 43 heavy (non-hydrogen) atoms. The van der Waals surface area contributed by atoms with Crippen LogP contribution in [0.3, 0.4) is 0 Å². The molecular formula is C34H48ClN3O5. The Bertz CT molecular complexity index is 1230. The SMILES string of the molecule is CCCc1cc(Cl)ccc1C1COc2ccc(C(N)=O)cc2N(CC(C)C(CC)CC2OCC(N3CC(OC)C3)CO2)C1. The number of hydrogen-bond donors (Lipinski definition) is 1. The number of anilines is 1. The lowest BCUT2D eigenvalue weighted by Crippen LogP contribution is -2.60. The third-order valence-corrected chi connectivity index (χ3v) is 9.77. The largest absolute Gasteiger partial charge is 0.491 e. The summed E-state index contributed by atoms with van der Waals surface area (Å²) in [6.07, 6.45) is 4.02. The smallest absolute Gasteiger partial charge is 0.248 e. The van der Waals surface area contributed by atoms with Crippen molar-refractivity contribution < 1.29 is 23.7 Å². The number of hydrogen-bond acceptors (Lipinski definition) is 7. The van der Waals surface area contributed by atoms with Gasteiger partial charge in [-0.2, -0.15) is 0 Å². The molecule has 8 nitrogen and oxygen atoms in total. The molecule has 0 aromatic heterocycles. The maximum Gasteiger partial charge on any atom is 0.248 e. The highest BCUT2D eigenvalue weighted by Gasteiger charge is 2.36. The number of likely N-dealkylation sites (tertiary alicyclic amines) is 1. The Morgan fingerprint density at radius 2 is 1.86 bits per heavy atom. The van der Waals surface area contributed by atoms with E-state index in [0.29, 0.717) is 49.4 Å². The third kappa shape index (κ3) is 7.66. The lowest BCUT2D eigenvalue weighted by Gasteiger charge is -2.45. The van der Waals surface area contributed by atoms with Gasteiger partial charge in [0, 0.05) is 56.2 Å². The second-order valence-corrected chi connectivity index (χ2v) is 12.9. The first-order valence-corrected chi connectivity index (χ1v) is 16.3. The number of fused-ring (bicyclic) bond motifs is 1. The van der Waals surface area contributed by atoms with E-state index in [1.165, 1.54) is 11.1 Å². The molecule has 236 valence electrons. The molecule has 0 spiro atoms. The Balaban J connectivity index is 1.30. The molecule has 0 bridgehead atoms. The first kappa shape index (κ1) is 32.0. The van der Waals surface area contributed by atoms with Crippen molar-refractivity contribution in [1.82, 2.24) is 4.90 Å². The quantitative estimate of drug-likeness (QED) is 0.338. The Kier molecular flexibility index (Phi) is 10.9. The van der Waals surface area contributed by atoms with E-state index in [0.717, 1.165) is 68.3 Å². The van der Waals surface area contributed by atoms with Crippen molar-refractivity contribution in [2.75, 3.05) is 58.0 Å². The second-order valence-electron chi connectivity index (χ2n) is 12.5. The maximum absolute atomic E-state index is 12.1. The van der Waals surface area contributed by atoms with E-state index in [2.05, 4.69) is 42.7 Å². The topological polar surface area (TPSA) is 86.5 Å². The number of rotatable bonds is 12. The summed E-state index contributed by atoms with van der Waals surface area (Å²) in [5, 5.41) is 0.759. The number of aryl methyl sites for hydroxylation is 1. The molecule has 3 atom stereocenters. The first-order valence-electron chi connectivity index (χ1n) is 15.9. The molecule has 9 heteroatoms. The molecule has 0 saturated carbocycles. The minimum atomic E-state index is -0.438. The zero-order valence-electron chi connectivity index (χ0n) is 26.1. The number of primary amides is 1. The van der Waals surface area contributed by atoms with Crippen LogP contribution in [0, 0.1) is 11.8 Å². The molecule has 2 fully saturated rings. The number of nitrogens with two attached hydrogens (primary N) is 1. The van der Waals surface area contributed by atoms with Gasteiger partial charge in [0.25, 0.3) is 0 Å². The predicted octanol–water partition coefficient (Wildman–Crippen LogP) is 5.50. The molecule has 3 aliphatic rings. The lowest BCUT2D eigenvalue weighted by molar-refractivity contribution is -0.224. The highest BCUT2D eigenvalue weighted by molar-refractivity contribution is 6.30. The summed E-state index contributed by atoms with van der Waals surface area (Å²) >= 11 is 6.40. The van der Waals surface area contributed by atoms with Crippen molar-refractivity contribution in [2.45, 2.75) is 70.8 Å². The summed E-state index contributed by atoms with van der Waals surface area (Å²) in [5.74, 6) is 1.24. The van der Waals surface area contributed by atoms with Crippen LogP contribution in [0.1, 0.15) is 67.4 Å². The Morgan fingerprint density at radius 3 is 2.53 bits per heavy atom. The fourth-order valence-corrected chi connectivity index (χ4v) is 7.00. The normalized spacial score (nSPS) is 24.4. The van der Waals surface area contributed by atoms with E-state index in [1.54, 1.807) is 13.2 Å². The highest BCUT2D eigenvalue weighted by atomic mass is 35.5. The number of nitrogens with zero attached hydrogens (tertiary/aromatic N) is 2. The molecule has 0 aliphatic carbocycles. The average Bonchev–Trinajstić information content (AvgIpc) is 3.15. The van der Waals surface area contributed by atoms with Gasteiger partial charge in [-0.05, 0) is 59.7 Å². The lowest BCUT2D eigenvalue weighted by atomic mass is 9.87. The first-order chi connectivity index (χ1) is 20.8. The van der Waals surface area contributed by atoms with Crippen molar-refractivity contribution in [1.29, 1.82) is 0 Å². The number of methoxy groups -OCH3 is 1. The van der Waals surface area contributed by atoms with Gasteiger partial charge in [0.05, 0.1) is 37.7 Å². The van der Waals surface area contributed by atoms with Gasteiger partial charge >= 0.3 is 0 Å². The number of carbonyl (C=O) groups excluding carboxylic acids is 1. The Morgan fingerprint density at radius 1 is 1.09 bits per heavy atom. The molecule has 0 radical (unpaired) electrons. The van der Waals surface area contributed by atoms with E-state index < -0.39 is 5.91 Å². The van der Waals surface area contributed by atoms with Gasteiger partial charge in [-0.1, -0.05) is 51.3 Å². The van der Waals surface area contributed by atoms with Crippen molar-refractivity contribution in [3.63, 3.8) is 0 Å². The fourth-order valence-electron chi connectivity index (χ4n) is 6.81. The van der Waals surface area contributed by atoms with Crippen LogP contribution in [0.15, 0.2) is 36.4 Å². The Hall–Kier alpha value is -2.36. The zero-order valence-corrected chi connectivity index (χ0v) is 26.9. The number of carbonyl (C=O) groups is 1. The molecular weight excluding hydrogens is 566 g/mol. The monoisotopic (exact) mass is 613 g/mol. The summed E-state index contributed by atoms with van der Waals surface area (Å²) in [5.41, 5.74) is 9.65. The average molecular weight is 614 g/mol. The van der Waals surface area contributed by atoms with Gasteiger partial charge < -0.3 is 29.6 Å². The van der Waals surface area contributed by atoms with Crippen LogP contribution >= 0.6 is 11.6 Å². The third-order valence-electron chi connectivity index (χ3n) is 9.54. The fraction of sp³-hybridized carbons (Fsp3) is 0.618. The van der Waals surface area contributed by atoms with E-state index in [4.69, 9.17) is 36.3 Å². The van der Waals surface area contributed by atoms with Gasteiger partial charge in [0.15, 0.2) is 6.29 Å². The van der Waals surface area contributed by atoms with Crippen LogP contribution in [0.5, 0.6) is 5.75 Å². The van der Waals surface area contributed by atoms with Crippen molar-refractivity contribution in [3.05, 3.63) is 58.1 Å². The Labute approximate surface area is 261 Å². The molecule has 5 rings (SSSR count). The van der Waals surface area contributed by atoms with Crippen LogP contribution in [0.2, 0.25) is 5.02 Å². The zero-order chi connectivity index (χ0) is 30.5. The van der Waals surface area contributed by atoms with Crippen molar-refractivity contribution in [3.8, 4) is 5.75 Å². The maximum atomic E-state index is 12.1. The summed E-state index contributed by atoms with van der Waals surface area (Å²) < 4.78 is 24.3. The molecule has 2 aromatic rings. The summed E-state index contributed by atoms with van der Waals surface area (Å²) in [6.45, 7) is 12.2. The van der Waals surface area contributed by atoms with Crippen LogP contribution in [0.4, 0.5) is 5.69 Å². The molecule has 3 aliphatic heterocycles. The standard InChI is InChI=1S/C34H48ClN3O5/c1-5-7-24-12-27(35)9-10-30(24)26-16-38(31-13-25(34(36)39)8-11-32(31)41-19-26)15-22(3)23(6-2)14-33-42-20-28(21-43-33)37-17-29(18-37)40-4/h8-13,22-23,26,28-29,33H,5-7,14-21H2,1-4H3,(H2,36,39). The molecule has 2 aromatic carbocycles. The van der Waals surface area contributed by atoms with Crippen molar-refractivity contribution >= 4 is 23.2 Å². The van der Waals surface area contributed by atoms with Gasteiger partial charge in [0.1, 0.15) is 5.75 Å². The number of ether oxygens (including phenoxy) is 4. The second kappa shape index (κ2) is 14.6. The highest BCUT2D eigenvalue weighted by Crippen LogP contribution is 2.38. The minimum Gasteiger partial charge on any atom is -0.491 e. The van der Waals surface area contributed by atoms with Gasteiger partial charge in [-0.25, -0.2) is 0 Å². The molecule has 3 heterocycles. The van der Waals surface area contributed by atoms with Crippen LogP contribution in [0.25, 0.3) is 0 Å². The molecule has 3 unspecified atom stereocenters. The van der Waals surface area contributed by atoms with Crippen molar-refractivity contribution in [2.24, 2.45) is 17.6 Å². The number of benzene rings is 2. The van der Waals surface area contributed by atoms with Crippen LogP contribution in [-0.2, 0) is 20.6 Å². The predicted molar refractivity (Wildman–Crippen MR) is 170 cm³/mol. The number of amides is 1. The van der Waals surface area contributed by atoms with E-state index >= 15 is 0 Å². The van der Waals surface area contributed by atoms with Crippen LogP contribution < -0.4 is 15.4 Å². The number of halogens is 1. The van der Waals surface area contributed by atoms with Crippen LogP contribution in [-0.4, -0.2) is 82.4 Å².